The van der Waals surface area contributed by atoms with Crippen LogP contribution in [0.4, 0.5) is 13.2 Å². The van der Waals surface area contributed by atoms with Crippen LogP contribution in [-0.4, -0.2) is 57.3 Å². The van der Waals surface area contributed by atoms with E-state index in [0.29, 0.717) is 41.6 Å². The van der Waals surface area contributed by atoms with Crippen molar-refractivity contribution >= 4 is 44.3 Å². The Kier molecular flexibility index (Phi) is 6.42. The topological polar surface area (TPSA) is 80.1 Å². The molecule has 11 heteroatoms. The first kappa shape index (κ1) is 24.2. The number of amides is 2. The Morgan fingerprint density at radius 3 is 2.58 bits per heavy atom. The van der Waals surface area contributed by atoms with Crippen molar-refractivity contribution in [3.63, 3.8) is 0 Å². The van der Waals surface area contributed by atoms with Gasteiger partial charge in [0.15, 0.2) is 5.01 Å². The summed E-state index contributed by atoms with van der Waals surface area (Å²) >= 11 is 1.41. The molecule has 1 aliphatic rings. The molecule has 4 aromatic rings. The number of piperidine rings is 1. The lowest BCUT2D eigenvalue weighted by molar-refractivity contribution is -0.123. The number of carbonyl (C=O) groups excluding carboxylic acids is 2. The number of nitrogens with one attached hydrogen (secondary N) is 1. The highest BCUT2D eigenvalue weighted by Gasteiger charge is 2.29. The van der Waals surface area contributed by atoms with Gasteiger partial charge in [-0.05, 0) is 55.5 Å². The molecule has 5 rings (SSSR count). The van der Waals surface area contributed by atoms with Crippen LogP contribution in [0.5, 0.6) is 0 Å². The number of thiazole rings is 1. The average molecular weight is 516 g/mol. The number of hydrogen-bond donors (Lipinski definition) is 1. The van der Waals surface area contributed by atoms with Crippen LogP contribution in [0, 0.1) is 12.8 Å². The summed E-state index contributed by atoms with van der Waals surface area (Å²) in [5.74, 6) is -0.468. The molecule has 1 saturated heterocycles. The number of para-hydroxylation sites is 1. The molecule has 1 fully saturated rings. The minimum Gasteiger partial charge on any atom is -0.343 e. The van der Waals surface area contributed by atoms with Gasteiger partial charge in [0.25, 0.3) is 11.8 Å². The summed E-state index contributed by atoms with van der Waals surface area (Å²) in [5, 5.41) is 7.76. The molecule has 1 aliphatic heterocycles. The molecule has 7 nitrogen and oxygen atoms in total. The van der Waals surface area contributed by atoms with Crippen LogP contribution in [0.15, 0.2) is 42.6 Å². The van der Waals surface area contributed by atoms with E-state index in [2.05, 4.69) is 10.1 Å². The second-order valence-electron chi connectivity index (χ2n) is 9.04. The smallest absolute Gasteiger partial charge is 0.343 e. The molecule has 0 spiro atoms. The molecule has 2 aromatic carbocycles. The lowest BCUT2D eigenvalue weighted by Crippen LogP contribution is -2.39. The monoisotopic (exact) mass is 515 g/mol. The van der Waals surface area contributed by atoms with E-state index in [-0.39, 0.29) is 11.5 Å². The molecule has 0 radical (unpaired) electrons. The molecule has 2 aromatic heterocycles. The van der Waals surface area contributed by atoms with E-state index >= 15 is 0 Å². The average Bonchev–Trinajstić information content (AvgIpc) is 3.47. The zero-order valence-electron chi connectivity index (χ0n) is 19.5. The van der Waals surface area contributed by atoms with Gasteiger partial charge in [0.1, 0.15) is 6.54 Å². The van der Waals surface area contributed by atoms with Crippen LogP contribution in [0.25, 0.3) is 21.1 Å². The van der Waals surface area contributed by atoms with Gasteiger partial charge in [-0.3, -0.25) is 14.3 Å². The van der Waals surface area contributed by atoms with Crippen molar-refractivity contribution in [3.05, 3.63) is 58.7 Å². The van der Waals surface area contributed by atoms with Crippen LogP contribution in [-0.2, 0) is 6.54 Å². The Morgan fingerprint density at radius 2 is 1.86 bits per heavy atom. The number of alkyl halides is 3. The van der Waals surface area contributed by atoms with Gasteiger partial charge < -0.3 is 10.2 Å². The third kappa shape index (κ3) is 5.06. The number of carbonyl (C=O) groups is 2. The van der Waals surface area contributed by atoms with Crippen LogP contribution >= 0.6 is 11.3 Å². The summed E-state index contributed by atoms with van der Waals surface area (Å²) in [6.45, 7) is 2.28. The van der Waals surface area contributed by atoms with Gasteiger partial charge in [-0.15, -0.1) is 11.3 Å². The molecule has 0 atom stereocenters. The lowest BCUT2D eigenvalue weighted by atomic mass is 9.97. The molecule has 188 valence electrons. The van der Waals surface area contributed by atoms with E-state index < -0.39 is 18.6 Å². The summed E-state index contributed by atoms with van der Waals surface area (Å²) in [5.41, 5.74) is 2.31. The summed E-state index contributed by atoms with van der Waals surface area (Å²) in [7, 11) is 0. The zero-order chi connectivity index (χ0) is 25.4. The Morgan fingerprint density at radius 1 is 1.11 bits per heavy atom. The molecule has 1 N–H and O–H groups in total. The maximum atomic E-state index is 12.9. The number of fused-ring (bicyclic) bond motifs is 2. The summed E-state index contributed by atoms with van der Waals surface area (Å²) in [4.78, 5) is 31.5. The van der Waals surface area contributed by atoms with Crippen LogP contribution in [0.2, 0.25) is 0 Å². The second kappa shape index (κ2) is 9.53. The second-order valence-corrected chi connectivity index (χ2v) is 10.1. The van der Waals surface area contributed by atoms with Gasteiger partial charge in [0, 0.05) is 36.8 Å². The van der Waals surface area contributed by atoms with E-state index in [1.807, 2.05) is 45.4 Å². The fourth-order valence-electron chi connectivity index (χ4n) is 4.58. The van der Waals surface area contributed by atoms with E-state index in [1.54, 1.807) is 13.0 Å². The number of aromatic nitrogens is 3. The van der Waals surface area contributed by atoms with E-state index in [1.165, 1.54) is 17.4 Å². The van der Waals surface area contributed by atoms with Crippen molar-refractivity contribution < 1.29 is 22.8 Å². The first-order valence-corrected chi connectivity index (χ1v) is 12.5. The Bertz CT molecular complexity index is 1400. The van der Waals surface area contributed by atoms with Crippen LogP contribution < -0.4 is 5.32 Å². The number of halogens is 3. The van der Waals surface area contributed by atoms with Gasteiger partial charge in [0.05, 0.1) is 15.7 Å². The molecule has 0 saturated carbocycles. The van der Waals surface area contributed by atoms with Crippen molar-refractivity contribution in [2.45, 2.75) is 32.5 Å². The third-order valence-corrected chi connectivity index (χ3v) is 7.55. The van der Waals surface area contributed by atoms with Gasteiger partial charge in [0.2, 0.25) is 0 Å². The highest BCUT2D eigenvalue weighted by Crippen LogP contribution is 2.27. The standard InChI is InChI=1S/C25H24F3N5O2S/c1-15-17(22(34)29-14-25(26,27)28)6-7-19-18(15)13-33(31-19)12-16-8-10-32(11-9-16)24(35)23-30-20-4-2-3-5-21(20)36-23/h2-7,13,16H,8-12,14H2,1H3,(H,29,34). The lowest BCUT2D eigenvalue weighted by Gasteiger charge is -2.31. The zero-order valence-corrected chi connectivity index (χ0v) is 20.3. The Hall–Kier alpha value is -3.47. The maximum Gasteiger partial charge on any atom is 0.405 e. The highest BCUT2D eigenvalue weighted by atomic mass is 32.1. The molecule has 0 unspecified atom stereocenters. The predicted octanol–water partition coefficient (Wildman–Crippen LogP) is 4.80. The van der Waals surface area contributed by atoms with Crippen molar-refractivity contribution in [2.24, 2.45) is 5.92 Å². The van der Waals surface area contributed by atoms with Crippen LogP contribution in [0.3, 0.4) is 0 Å². The molecule has 0 aliphatic carbocycles. The Labute approximate surface area is 208 Å². The number of likely N-dealkylation sites (tertiary alicyclic amines) is 1. The molecule has 36 heavy (non-hydrogen) atoms. The van der Waals surface area contributed by atoms with Crippen molar-refractivity contribution in [1.82, 2.24) is 25.0 Å². The molecular weight excluding hydrogens is 491 g/mol. The molecule has 3 heterocycles. The number of nitrogens with zero attached hydrogens (tertiary/aromatic N) is 4. The van der Waals surface area contributed by atoms with Gasteiger partial charge in [-0.2, -0.15) is 18.3 Å². The highest BCUT2D eigenvalue weighted by molar-refractivity contribution is 7.20. The number of aryl methyl sites for hydroxylation is 1. The van der Waals surface area contributed by atoms with E-state index in [9.17, 15) is 22.8 Å². The maximum absolute atomic E-state index is 12.9. The Balaban J connectivity index is 1.21. The first-order valence-electron chi connectivity index (χ1n) is 11.6. The molecule has 2 amide bonds. The molecular formula is C25H24F3N5O2S. The normalized spacial score (nSPS) is 15.1. The van der Waals surface area contributed by atoms with Crippen molar-refractivity contribution in [3.8, 4) is 0 Å². The van der Waals surface area contributed by atoms with Gasteiger partial charge in [-0.25, -0.2) is 4.98 Å². The van der Waals surface area contributed by atoms with E-state index in [4.69, 9.17) is 0 Å². The molecule has 0 bridgehead atoms. The number of hydrogen-bond acceptors (Lipinski definition) is 5. The third-order valence-electron chi connectivity index (χ3n) is 6.52. The largest absolute Gasteiger partial charge is 0.405 e. The fourth-order valence-corrected chi connectivity index (χ4v) is 5.51. The number of benzene rings is 2. The number of rotatable bonds is 5. The predicted molar refractivity (Wildman–Crippen MR) is 131 cm³/mol. The summed E-state index contributed by atoms with van der Waals surface area (Å²) in [6, 6.07) is 10.9. The van der Waals surface area contributed by atoms with Crippen molar-refractivity contribution in [2.75, 3.05) is 19.6 Å². The fraction of sp³-hybridized carbons (Fsp3) is 0.360. The minimum atomic E-state index is -4.47. The SMILES string of the molecule is Cc1c(C(=O)NCC(F)(F)F)ccc2nn(CC3CCN(C(=O)c4nc5ccccc5s4)CC3)cc12. The summed E-state index contributed by atoms with van der Waals surface area (Å²) < 4.78 is 40.2. The van der Waals surface area contributed by atoms with Crippen molar-refractivity contribution in [1.29, 1.82) is 0 Å². The quantitative estimate of drug-likeness (QED) is 0.414. The van der Waals surface area contributed by atoms with Crippen LogP contribution in [0.1, 0.15) is 38.6 Å². The summed E-state index contributed by atoms with van der Waals surface area (Å²) in [6.07, 6.45) is -0.967. The van der Waals surface area contributed by atoms with Gasteiger partial charge >= 0.3 is 6.18 Å². The van der Waals surface area contributed by atoms with E-state index in [0.717, 1.165) is 28.4 Å². The minimum absolute atomic E-state index is 0.0357. The van der Waals surface area contributed by atoms with Gasteiger partial charge in [-0.1, -0.05) is 12.1 Å². The first-order chi connectivity index (χ1) is 17.2.